The van der Waals surface area contributed by atoms with Gasteiger partial charge in [0.2, 0.25) is 0 Å². The van der Waals surface area contributed by atoms with Gasteiger partial charge in [-0.2, -0.15) is 0 Å². The molecule has 0 bridgehead atoms. The maximum absolute atomic E-state index is 11.2. The number of rotatable bonds is 4. The topological polar surface area (TPSA) is 116 Å². The Morgan fingerprint density at radius 3 is 2.53 bits per heavy atom. The Balaban J connectivity index is 2.53. The van der Waals surface area contributed by atoms with Gasteiger partial charge in [0.25, 0.3) is 0 Å². The van der Waals surface area contributed by atoms with Crippen LogP contribution in [-0.2, 0) is 9.53 Å². The molecule has 7 heteroatoms. The Labute approximate surface area is 97.7 Å². The predicted octanol–water partition coefficient (Wildman–Crippen LogP) is -0.907. The highest BCUT2D eigenvalue weighted by molar-refractivity contribution is 5.72. The van der Waals surface area contributed by atoms with E-state index in [0.717, 1.165) is 0 Å². The second-order valence-electron chi connectivity index (χ2n) is 3.80. The Morgan fingerprint density at radius 1 is 1.41 bits per heavy atom. The maximum atomic E-state index is 11.2. The van der Waals surface area contributed by atoms with Crippen molar-refractivity contribution in [2.24, 2.45) is 5.92 Å². The van der Waals surface area contributed by atoms with Crippen molar-refractivity contribution in [3.05, 3.63) is 12.7 Å². The first-order valence-electron chi connectivity index (χ1n) is 5.10. The van der Waals surface area contributed by atoms with Gasteiger partial charge < -0.3 is 25.4 Å². The van der Waals surface area contributed by atoms with E-state index in [9.17, 15) is 19.8 Å². The molecule has 0 radical (unpaired) electrons. The lowest BCUT2D eigenvalue weighted by molar-refractivity contribution is -0.145. The van der Waals surface area contributed by atoms with E-state index in [0.29, 0.717) is 0 Å². The number of carbonyl (C=O) groups excluding carboxylic acids is 1. The van der Waals surface area contributed by atoms with Gasteiger partial charge in [-0.25, -0.2) is 4.79 Å². The zero-order chi connectivity index (χ0) is 13.0. The lowest BCUT2D eigenvalue weighted by atomic mass is 10.1. The van der Waals surface area contributed by atoms with Gasteiger partial charge >= 0.3 is 12.1 Å². The molecule has 0 heterocycles. The monoisotopic (exact) mass is 245 g/mol. The summed E-state index contributed by atoms with van der Waals surface area (Å²) in [5, 5.41) is 30.1. The van der Waals surface area contributed by atoms with Gasteiger partial charge in [0.1, 0.15) is 12.7 Å². The molecule has 1 rings (SSSR count). The number of carboxylic acid groups (broad SMARTS) is 1. The second-order valence-corrected chi connectivity index (χ2v) is 3.80. The molecule has 1 aliphatic carbocycles. The molecule has 4 N–H and O–H groups in total. The minimum atomic E-state index is -1.39. The highest BCUT2D eigenvalue weighted by atomic mass is 16.5. The van der Waals surface area contributed by atoms with Gasteiger partial charge in [-0.1, -0.05) is 12.7 Å². The highest BCUT2D eigenvalue weighted by Gasteiger charge is 2.45. The lowest BCUT2D eigenvalue weighted by Crippen LogP contribution is -2.43. The van der Waals surface area contributed by atoms with E-state index >= 15 is 0 Å². The van der Waals surface area contributed by atoms with Crippen molar-refractivity contribution in [1.29, 1.82) is 0 Å². The van der Waals surface area contributed by atoms with E-state index in [4.69, 9.17) is 5.11 Å². The SMILES string of the molecule is C=CCOC(=O)N[C@@H]1C[C@H](C(=O)O)[C@@H](O)[C@H]1O. The lowest BCUT2D eigenvalue weighted by Gasteiger charge is -2.17. The molecule has 0 unspecified atom stereocenters. The van der Waals surface area contributed by atoms with Crippen LogP contribution in [-0.4, -0.2) is 52.2 Å². The van der Waals surface area contributed by atoms with E-state index in [2.05, 4.69) is 16.6 Å². The van der Waals surface area contributed by atoms with Crippen molar-refractivity contribution >= 4 is 12.1 Å². The molecule has 1 amide bonds. The summed E-state index contributed by atoms with van der Waals surface area (Å²) >= 11 is 0. The van der Waals surface area contributed by atoms with Crippen molar-refractivity contribution in [2.45, 2.75) is 24.7 Å². The molecule has 4 atom stereocenters. The van der Waals surface area contributed by atoms with E-state index < -0.39 is 36.2 Å². The zero-order valence-electron chi connectivity index (χ0n) is 9.07. The molecular weight excluding hydrogens is 230 g/mol. The second kappa shape index (κ2) is 5.65. The molecule has 1 fully saturated rings. The number of nitrogens with one attached hydrogen (secondary N) is 1. The number of carbonyl (C=O) groups is 2. The van der Waals surface area contributed by atoms with E-state index in [-0.39, 0.29) is 13.0 Å². The highest BCUT2D eigenvalue weighted by Crippen LogP contribution is 2.27. The Hall–Kier alpha value is -1.60. The molecule has 0 saturated heterocycles. The molecule has 0 aromatic heterocycles. The van der Waals surface area contributed by atoms with Crippen molar-refractivity contribution < 1.29 is 29.6 Å². The molecule has 1 aliphatic rings. The van der Waals surface area contributed by atoms with Crippen molar-refractivity contribution in [2.75, 3.05) is 6.61 Å². The number of carboxylic acids is 1. The van der Waals surface area contributed by atoms with Gasteiger partial charge in [-0.15, -0.1) is 0 Å². The fourth-order valence-electron chi connectivity index (χ4n) is 1.75. The van der Waals surface area contributed by atoms with Crippen LogP contribution in [0.5, 0.6) is 0 Å². The van der Waals surface area contributed by atoms with Crippen molar-refractivity contribution in [3.63, 3.8) is 0 Å². The van der Waals surface area contributed by atoms with Gasteiger partial charge in [-0.05, 0) is 6.42 Å². The van der Waals surface area contributed by atoms with Gasteiger partial charge in [0.15, 0.2) is 0 Å². The smallest absolute Gasteiger partial charge is 0.407 e. The number of hydrogen-bond acceptors (Lipinski definition) is 5. The quantitative estimate of drug-likeness (QED) is 0.477. The number of aliphatic hydroxyl groups is 2. The van der Waals surface area contributed by atoms with Crippen LogP contribution >= 0.6 is 0 Å². The number of aliphatic hydroxyl groups excluding tert-OH is 2. The first-order valence-corrected chi connectivity index (χ1v) is 5.10. The van der Waals surface area contributed by atoms with E-state index in [1.165, 1.54) is 6.08 Å². The molecule has 7 nitrogen and oxygen atoms in total. The maximum Gasteiger partial charge on any atom is 0.407 e. The van der Waals surface area contributed by atoms with Crippen molar-refractivity contribution in [1.82, 2.24) is 5.32 Å². The minimum Gasteiger partial charge on any atom is -0.481 e. The van der Waals surface area contributed by atoms with Crippen molar-refractivity contribution in [3.8, 4) is 0 Å². The number of hydrogen-bond donors (Lipinski definition) is 4. The first kappa shape index (κ1) is 13.5. The molecule has 17 heavy (non-hydrogen) atoms. The fourth-order valence-corrected chi connectivity index (χ4v) is 1.75. The van der Waals surface area contributed by atoms with Crippen LogP contribution in [0.3, 0.4) is 0 Å². The number of ether oxygens (including phenoxy) is 1. The van der Waals surface area contributed by atoms with Gasteiger partial charge in [0, 0.05) is 0 Å². The Morgan fingerprint density at radius 2 is 2.06 bits per heavy atom. The average Bonchev–Trinajstić information content (AvgIpc) is 2.55. The summed E-state index contributed by atoms with van der Waals surface area (Å²) in [6.07, 6.45) is -2.16. The van der Waals surface area contributed by atoms with Crippen LogP contribution < -0.4 is 5.32 Å². The summed E-state index contributed by atoms with van der Waals surface area (Å²) in [5.41, 5.74) is 0. The Bertz CT molecular complexity index is 318. The summed E-state index contributed by atoms with van der Waals surface area (Å²) in [6.45, 7) is 3.37. The summed E-state index contributed by atoms with van der Waals surface area (Å²) in [5.74, 6) is -2.30. The largest absolute Gasteiger partial charge is 0.481 e. The normalized spacial score (nSPS) is 31.9. The molecule has 1 saturated carbocycles. The third-order valence-electron chi connectivity index (χ3n) is 2.64. The van der Waals surface area contributed by atoms with Crippen LogP contribution in [0.25, 0.3) is 0 Å². The van der Waals surface area contributed by atoms with E-state index in [1.54, 1.807) is 0 Å². The third kappa shape index (κ3) is 3.18. The van der Waals surface area contributed by atoms with Gasteiger partial charge in [-0.3, -0.25) is 4.79 Å². The summed E-state index contributed by atoms with van der Waals surface area (Å²) in [4.78, 5) is 21.9. The molecule has 0 spiro atoms. The number of amides is 1. The minimum absolute atomic E-state index is 0.0135. The molecule has 96 valence electrons. The van der Waals surface area contributed by atoms with Crippen LogP contribution in [0, 0.1) is 5.92 Å². The average molecular weight is 245 g/mol. The van der Waals surface area contributed by atoms with Gasteiger partial charge in [0.05, 0.1) is 18.1 Å². The molecule has 0 aliphatic heterocycles. The summed E-state index contributed by atoms with van der Waals surface area (Å²) in [6, 6.07) is -0.830. The van der Waals surface area contributed by atoms with E-state index in [1.807, 2.05) is 0 Å². The first-order chi connectivity index (χ1) is 7.97. The Kier molecular flexibility index (Phi) is 4.47. The van der Waals surface area contributed by atoms with Crippen LogP contribution in [0.1, 0.15) is 6.42 Å². The number of aliphatic carboxylic acids is 1. The predicted molar refractivity (Wildman–Crippen MR) is 56.2 cm³/mol. The summed E-state index contributed by atoms with van der Waals surface area (Å²) in [7, 11) is 0. The van der Waals surface area contributed by atoms with Crippen LogP contribution in [0.4, 0.5) is 4.79 Å². The molecule has 0 aromatic carbocycles. The molecular formula is C10H15NO6. The van der Waals surface area contributed by atoms with Crippen LogP contribution in [0.2, 0.25) is 0 Å². The fraction of sp³-hybridized carbons (Fsp3) is 0.600. The standard InChI is InChI=1S/C10H15NO6/c1-2-3-17-10(16)11-6-4-5(9(14)15)7(12)8(6)13/h2,5-8,12-13H,1,3-4H2,(H,11,16)(H,14,15)/t5-,6+,7+,8-/m0/s1. The zero-order valence-corrected chi connectivity index (χ0v) is 9.07. The van der Waals surface area contributed by atoms with Crippen LogP contribution in [0.15, 0.2) is 12.7 Å². The summed E-state index contributed by atoms with van der Waals surface area (Å²) < 4.78 is 4.62. The molecule has 0 aromatic rings. The number of alkyl carbamates (subject to hydrolysis) is 1. The third-order valence-corrected chi connectivity index (χ3v) is 2.64.